The summed E-state index contributed by atoms with van der Waals surface area (Å²) in [5.41, 5.74) is 0.0303. The normalized spacial score (nSPS) is 21.5. The number of amides is 4. The first-order valence-electron chi connectivity index (χ1n) is 11.1. The summed E-state index contributed by atoms with van der Waals surface area (Å²) in [6.07, 6.45) is 4.66. The number of likely N-dealkylation sites (tertiary alicyclic amines) is 1. The van der Waals surface area contributed by atoms with Gasteiger partial charge >= 0.3 is 0 Å². The van der Waals surface area contributed by atoms with Crippen molar-refractivity contribution < 1.29 is 23.6 Å². The van der Waals surface area contributed by atoms with Crippen molar-refractivity contribution in [2.75, 3.05) is 32.7 Å². The van der Waals surface area contributed by atoms with Gasteiger partial charge in [0.05, 0.1) is 5.41 Å². The molecule has 7 nitrogen and oxygen atoms in total. The maximum atomic E-state index is 13.9. The highest BCUT2D eigenvalue weighted by atomic mass is 19.1. The predicted molar refractivity (Wildman–Crippen MR) is 110 cm³/mol. The van der Waals surface area contributed by atoms with Crippen molar-refractivity contribution in [1.82, 2.24) is 14.7 Å². The molecular weight excluding hydrogens is 401 g/mol. The molecule has 0 spiro atoms. The van der Waals surface area contributed by atoms with E-state index in [1.165, 1.54) is 12.1 Å². The number of piperazine rings is 1. The van der Waals surface area contributed by atoms with E-state index >= 15 is 0 Å². The van der Waals surface area contributed by atoms with Crippen LogP contribution < -0.4 is 0 Å². The molecule has 4 rings (SSSR count). The van der Waals surface area contributed by atoms with Gasteiger partial charge in [0.1, 0.15) is 12.4 Å². The molecule has 0 atom stereocenters. The summed E-state index contributed by atoms with van der Waals surface area (Å²) in [6.45, 7) is 1.28. The Morgan fingerprint density at radius 2 is 1.52 bits per heavy atom. The number of carbonyl (C=O) groups is 4. The van der Waals surface area contributed by atoms with Gasteiger partial charge in [-0.15, -0.1) is 0 Å². The van der Waals surface area contributed by atoms with Crippen LogP contribution in [0.5, 0.6) is 0 Å². The quantitative estimate of drug-likeness (QED) is 0.685. The fraction of sp³-hybridized carbons (Fsp3) is 0.565. The number of halogens is 1. The molecule has 0 unspecified atom stereocenters. The van der Waals surface area contributed by atoms with Gasteiger partial charge in [-0.2, -0.15) is 0 Å². The molecule has 0 radical (unpaired) electrons. The van der Waals surface area contributed by atoms with E-state index in [2.05, 4.69) is 0 Å². The Kier molecular flexibility index (Phi) is 6.07. The van der Waals surface area contributed by atoms with Gasteiger partial charge in [0.15, 0.2) is 0 Å². The van der Waals surface area contributed by atoms with E-state index in [1.807, 2.05) is 6.07 Å². The molecule has 166 valence electrons. The highest BCUT2D eigenvalue weighted by Crippen LogP contribution is 2.41. The molecule has 2 saturated heterocycles. The zero-order valence-corrected chi connectivity index (χ0v) is 17.6. The van der Waals surface area contributed by atoms with Crippen LogP contribution in [0.15, 0.2) is 24.3 Å². The van der Waals surface area contributed by atoms with Crippen LogP contribution in [0.4, 0.5) is 4.39 Å². The number of nitrogens with zero attached hydrogens (tertiary/aromatic N) is 3. The number of hydrogen-bond donors (Lipinski definition) is 0. The molecule has 0 bridgehead atoms. The lowest BCUT2D eigenvalue weighted by atomic mass is 9.68. The topological polar surface area (TPSA) is 78.0 Å². The maximum Gasteiger partial charge on any atom is 0.242 e. The van der Waals surface area contributed by atoms with Crippen LogP contribution in [0.1, 0.15) is 50.5 Å². The number of carbonyl (C=O) groups excluding carboxylic acids is 4. The minimum atomic E-state index is -0.707. The Morgan fingerprint density at radius 1 is 0.903 bits per heavy atom. The summed E-state index contributed by atoms with van der Waals surface area (Å²) in [4.78, 5) is 54.2. The summed E-state index contributed by atoms with van der Waals surface area (Å²) in [5.74, 6) is -1.21. The van der Waals surface area contributed by atoms with E-state index in [0.29, 0.717) is 39.0 Å². The molecule has 0 aromatic heterocycles. The van der Waals surface area contributed by atoms with Crippen molar-refractivity contribution in [3.63, 3.8) is 0 Å². The Labute approximate surface area is 181 Å². The van der Waals surface area contributed by atoms with Crippen LogP contribution in [0.2, 0.25) is 0 Å². The van der Waals surface area contributed by atoms with E-state index < -0.39 is 5.41 Å². The fourth-order valence-corrected chi connectivity index (χ4v) is 5.06. The molecule has 8 heteroatoms. The van der Waals surface area contributed by atoms with E-state index in [9.17, 15) is 23.6 Å². The predicted octanol–water partition coefficient (Wildman–Crippen LogP) is 1.85. The van der Waals surface area contributed by atoms with Crippen LogP contribution in [-0.2, 0) is 24.6 Å². The van der Waals surface area contributed by atoms with Crippen molar-refractivity contribution >= 4 is 23.6 Å². The highest BCUT2D eigenvalue weighted by molar-refractivity contribution is 6.04. The third-order valence-electron chi connectivity index (χ3n) is 6.86. The molecule has 1 aromatic rings. The first-order valence-corrected chi connectivity index (χ1v) is 11.1. The van der Waals surface area contributed by atoms with Gasteiger partial charge in [-0.05, 0) is 30.5 Å². The largest absolute Gasteiger partial charge is 0.338 e. The van der Waals surface area contributed by atoms with Crippen LogP contribution in [0.3, 0.4) is 0 Å². The SMILES string of the molecule is O=C(CN1C(=O)CCC1=O)N1CCN(C(=O)C2(c3cccc(F)c3)CCCCC2)CC1. The lowest BCUT2D eigenvalue weighted by Crippen LogP contribution is -2.57. The first kappa shape index (κ1) is 21.5. The number of rotatable bonds is 4. The average Bonchev–Trinajstić information content (AvgIpc) is 3.11. The third-order valence-corrected chi connectivity index (χ3v) is 6.86. The number of hydrogen-bond acceptors (Lipinski definition) is 4. The Hall–Kier alpha value is -2.77. The Bertz CT molecular complexity index is 873. The summed E-state index contributed by atoms with van der Waals surface area (Å²) in [5, 5.41) is 0. The highest BCUT2D eigenvalue weighted by Gasteiger charge is 2.44. The lowest BCUT2D eigenvalue weighted by Gasteiger charge is -2.43. The Balaban J connectivity index is 1.42. The third kappa shape index (κ3) is 4.20. The fourth-order valence-electron chi connectivity index (χ4n) is 5.06. The molecule has 4 amide bonds. The van der Waals surface area contributed by atoms with Crippen molar-refractivity contribution in [1.29, 1.82) is 0 Å². The smallest absolute Gasteiger partial charge is 0.242 e. The van der Waals surface area contributed by atoms with Crippen LogP contribution in [0.25, 0.3) is 0 Å². The number of imide groups is 1. The maximum absolute atomic E-state index is 13.9. The minimum Gasteiger partial charge on any atom is -0.338 e. The summed E-state index contributed by atoms with van der Waals surface area (Å²) >= 11 is 0. The molecule has 2 aliphatic heterocycles. The minimum absolute atomic E-state index is 0.00907. The van der Waals surface area contributed by atoms with Crippen molar-refractivity contribution in [3.8, 4) is 0 Å². The van der Waals surface area contributed by atoms with Crippen molar-refractivity contribution in [2.24, 2.45) is 0 Å². The van der Waals surface area contributed by atoms with Gasteiger partial charge in [0.25, 0.3) is 0 Å². The van der Waals surface area contributed by atoms with E-state index in [1.54, 1.807) is 15.9 Å². The molecular formula is C23H28FN3O4. The van der Waals surface area contributed by atoms with Crippen LogP contribution >= 0.6 is 0 Å². The van der Waals surface area contributed by atoms with Crippen molar-refractivity contribution in [2.45, 2.75) is 50.4 Å². The first-order chi connectivity index (χ1) is 14.9. The summed E-state index contributed by atoms with van der Waals surface area (Å²) < 4.78 is 13.9. The molecule has 1 aromatic carbocycles. The van der Waals surface area contributed by atoms with Gasteiger partial charge in [0, 0.05) is 39.0 Å². The monoisotopic (exact) mass is 429 g/mol. The molecule has 2 heterocycles. The second-order valence-corrected chi connectivity index (χ2v) is 8.70. The average molecular weight is 429 g/mol. The van der Waals surface area contributed by atoms with E-state index in [0.717, 1.165) is 29.7 Å². The molecule has 3 fully saturated rings. The molecule has 3 aliphatic rings. The summed E-state index contributed by atoms with van der Waals surface area (Å²) in [7, 11) is 0. The van der Waals surface area contributed by atoms with Crippen LogP contribution in [0, 0.1) is 5.82 Å². The van der Waals surface area contributed by atoms with E-state index in [4.69, 9.17) is 0 Å². The van der Waals surface area contributed by atoms with Gasteiger partial charge in [0.2, 0.25) is 23.6 Å². The van der Waals surface area contributed by atoms with Crippen molar-refractivity contribution in [3.05, 3.63) is 35.6 Å². The second-order valence-electron chi connectivity index (χ2n) is 8.70. The number of benzene rings is 1. The van der Waals surface area contributed by atoms with Gasteiger partial charge in [-0.25, -0.2) is 4.39 Å². The molecule has 1 saturated carbocycles. The zero-order chi connectivity index (χ0) is 22.0. The van der Waals surface area contributed by atoms with Gasteiger partial charge < -0.3 is 9.80 Å². The zero-order valence-electron chi connectivity index (χ0n) is 17.6. The second kappa shape index (κ2) is 8.77. The molecule has 31 heavy (non-hydrogen) atoms. The van der Waals surface area contributed by atoms with Gasteiger partial charge in [-0.1, -0.05) is 31.4 Å². The van der Waals surface area contributed by atoms with E-state index in [-0.39, 0.29) is 48.8 Å². The van der Waals surface area contributed by atoms with Gasteiger partial charge in [-0.3, -0.25) is 24.1 Å². The standard InChI is InChI=1S/C23H28FN3O4/c24-18-6-4-5-17(15-18)23(9-2-1-3-10-23)22(31)26-13-11-25(12-14-26)21(30)16-27-19(28)7-8-20(27)29/h4-6,15H,1-3,7-14,16H2. The lowest BCUT2D eigenvalue weighted by molar-refractivity contribution is -0.148. The summed E-state index contributed by atoms with van der Waals surface area (Å²) in [6, 6.07) is 6.37. The Morgan fingerprint density at radius 3 is 2.13 bits per heavy atom. The molecule has 0 N–H and O–H groups in total. The molecule has 1 aliphatic carbocycles. The van der Waals surface area contributed by atoms with Crippen LogP contribution in [-0.4, -0.2) is 71.1 Å².